The number of hydrogen-bond donors (Lipinski definition) is 1. The maximum atomic E-state index is 5.90. The summed E-state index contributed by atoms with van der Waals surface area (Å²) < 4.78 is 0. The minimum atomic E-state index is 0.621. The molecule has 0 bridgehead atoms. The van der Waals surface area contributed by atoms with Gasteiger partial charge in [-0.05, 0) is 50.6 Å². The Morgan fingerprint density at radius 3 is 2.60 bits per heavy atom. The van der Waals surface area contributed by atoms with E-state index in [4.69, 9.17) is 5.73 Å². The van der Waals surface area contributed by atoms with Crippen LogP contribution in [0, 0.1) is 11.8 Å². The zero-order valence-electron chi connectivity index (χ0n) is 10.7. The molecule has 0 radical (unpaired) electrons. The average Bonchev–Trinajstić information content (AvgIpc) is 2.39. The maximum absolute atomic E-state index is 5.90. The standard InChI is InChI=1S/C13H28N2/c1-11(2)9-13(10-14)15-7-4-5-12(3)6-8-15/h11-13H,4-10,14H2,1-3H3. The van der Waals surface area contributed by atoms with E-state index in [2.05, 4.69) is 25.7 Å². The summed E-state index contributed by atoms with van der Waals surface area (Å²) in [5, 5.41) is 0. The molecule has 1 saturated heterocycles. The normalized spacial score (nSPS) is 26.6. The van der Waals surface area contributed by atoms with Gasteiger partial charge in [0.05, 0.1) is 0 Å². The first-order valence-electron chi connectivity index (χ1n) is 6.57. The highest BCUT2D eigenvalue weighted by atomic mass is 15.2. The largest absolute Gasteiger partial charge is 0.329 e. The minimum absolute atomic E-state index is 0.621. The molecule has 1 aliphatic heterocycles. The summed E-state index contributed by atoms with van der Waals surface area (Å²) in [5.41, 5.74) is 5.90. The van der Waals surface area contributed by atoms with Crippen molar-refractivity contribution in [2.45, 2.75) is 52.5 Å². The van der Waals surface area contributed by atoms with Crippen LogP contribution in [0.15, 0.2) is 0 Å². The van der Waals surface area contributed by atoms with Gasteiger partial charge >= 0.3 is 0 Å². The first-order chi connectivity index (χ1) is 7.13. The maximum Gasteiger partial charge on any atom is 0.0220 e. The number of hydrogen-bond acceptors (Lipinski definition) is 2. The van der Waals surface area contributed by atoms with E-state index < -0.39 is 0 Å². The van der Waals surface area contributed by atoms with Crippen LogP contribution in [0.3, 0.4) is 0 Å². The molecule has 0 aromatic carbocycles. The molecule has 1 rings (SSSR count). The summed E-state index contributed by atoms with van der Waals surface area (Å²) >= 11 is 0. The van der Waals surface area contributed by atoms with Crippen molar-refractivity contribution in [3.8, 4) is 0 Å². The van der Waals surface area contributed by atoms with Crippen molar-refractivity contribution in [3.63, 3.8) is 0 Å². The van der Waals surface area contributed by atoms with Crippen LogP contribution >= 0.6 is 0 Å². The summed E-state index contributed by atoms with van der Waals surface area (Å²) in [5.74, 6) is 1.67. The zero-order chi connectivity index (χ0) is 11.3. The van der Waals surface area contributed by atoms with Crippen molar-refractivity contribution in [1.82, 2.24) is 4.90 Å². The van der Waals surface area contributed by atoms with E-state index in [0.29, 0.717) is 6.04 Å². The molecule has 0 aliphatic carbocycles. The van der Waals surface area contributed by atoms with Crippen molar-refractivity contribution >= 4 is 0 Å². The molecule has 0 saturated carbocycles. The van der Waals surface area contributed by atoms with Gasteiger partial charge in [-0.1, -0.05) is 20.8 Å². The van der Waals surface area contributed by atoms with E-state index in [1.807, 2.05) is 0 Å². The van der Waals surface area contributed by atoms with Crippen LogP contribution in [-0.2, 0) is 0 Å². The number of nitrogens with two attached hydrogens (primary N) is 1. The SMILES string of the molecule is CC(C)CC(CN)N1CCCC(C)CC1. The Hall–Kier alpha value is -0.0800. The second kappa shape index (κ2) is 6.49. The second-order valence-corrected chi connectivity index (χ2v) is 5.59. The van der Waals surface area contributed by atoms with Crippen molar-refractivity contribution in [1.29, 1.82) is 0 Å². The van der Waals surface area contributed by atoms with Gasteiger partial charge in [-0.3, -0.25) is 4.90 Å². The van der Waals surface area contributed by atoms with E-state index in [0.717, 1.165) is 18.4 Å². The quantitative estimate of drug-likeness (QED) is 0.776. The Balaban J connectivity index is 2.44. The first kappa shape index (κ1) is 13.0. The molecule has 2 unspecified atom stereocenters. The van der Waals surface area contributed by atoms with Gasteiger partial charge in [0.25, 0.3) is 0 Å². The molecule has 2 N–H and O–H groups in total. The van der Waals surface area contributed by atoms with Crippen LogP contribution in [0.25, 0.3) is 0 Å². The van der Waals surface area contributed by atoms with Gasteiger partial charge in [-0.2, -0.15) is 0 Å². The first-order valence-corrected chi connectivity index (χ1v) is 6.57. The molecule has 0 aromatic heterocycles. The van der Waals surface area contributed by atoms with Gasteiger partial charge in [0.2, 0.25) is 0 Å². The summed E-state index contributed by atoms with van der Waals surface area (Å²) in [6, 6.07) is 0.621. The van der Waals surface area contributed by atoms with Crippen LogP contribution < -0.4 is 5.73 Å². The number of rotatable bonds is 4. The van der Waals surface area contributed by atoms with Crippen LogP contribution in [0.2, 0.25) is 0 Å². The number of nitrogens with zero attached hydrogens (tertiary/aromatic N) is 1. The van der Waals surface area contributed by atoms with Gasteiger partial charge in [0.15, 0.2) is 0 Å². The van der Waals surface area contributed by atoms with Crippen molar-refractivity contribution in [2.75, 3.05) is 19.6 Å². The fourth-order valence-electron chi connectivity index (χ4n) is 2.59. The molecule has 15 heavy (non-hydrogen) atoms. The van der Waals surface area contributed by atoms with Gasteiger partial charge in [-0.25, -0.2) is 0 Å². The molecular weight excluding hydrogens is 184 g/mol. The Morgan fingerprint density at radius 2 is 2.00 bits per heavy atom. The third-order valence-corrected chi connectivity index (χ3v) is 3.58. The fraction of sp³-hybridized carbons (Fsp3) is 1.00. The minimum Gasteiger partial charge on any atom is -0.329 e. The molecule has 2 nitrogen and oxygen atoms in total. The highest BCUT2D eigenvalue weighted by Crippen LogP contribution is 2.20. The summed E-state index contributed by atoms with van der Waals surface area (Å²) in [7, 11) is 0. The highest BCUT2D eigenvalue weighted by molar-refractivity contribution is 4.77. The predicted molar refractivity (Wildman–Crippen MR) is 66.9 cm³/mol. The van der Waals surface area contributed by atoms with Gasteiger partial charge in [-0.15, -0.1) is 0 Å². The Morgan fingerprint density at radius 1 is 1.27 bits per heavy atom. The second-order valence-electron chi connectivity index (χ2n) is 5.59. The van der Waals surface area contributed by atoms with E-state index >= 15 is 0 Å². The Bertz CT molecular complexity index is 168. The smallest absolute Gasteiger partial charge is 0.0220 e. The lowest BCUT2D eigenvalue weighted by Crippen LogP contribution is -2.42. The van der Waals surface area contributed by atoms with Crippen LogP contribution in [0.1, 0.15) is 46.5 Å². The van der Waals surface area contributed by atoms with Crippen molar-refractivity contribution in [2.24, 2.45) is 17.6 Å². The fourth-order valence-corrected chi connectivity index (χ4v) is 2.59. The number of likely N-dealkylation sites (tertiary alicyclic amines) is 1. The van der Waals surface area contributed by atoms with E-state index in [1.54, 1.807) is 0 Å². The third-order valence-electron chi connectivity index (χ3n) is 3.58. The summed E-state index contributed by atoms with van der Waals surface area (Å²) in [6.45, 7) is 10.3. The Labute approximate surface area is 95.2 Å². The van der Waals surface area contributed by atoms with Gasteiger partial charge < -0.3 is 5.73 Å². The molecule has 0 aromatic rings. The molecule has 1 heterocycles. The van der Waals surface area contributed by atoms with E-state index in [9.17, 15) is 0 Å². The molecule has 2 heteroatoms. The lowest BCUT2D eigenvalue weighted by molar-refractivity contribution is 0.182. The van der Waals surface area contributed by atoms with Crippen molar-refractivity contribution < 1.29 is 0 Å². The van der Waals surface area contributed by atoms with Crippen LogP contribution in [0.5, 0.6) is 0 Å². The lowest BCUT2D eigenvalue weighted by Gasteiger charge is -2.31. The zero-order valence-corrected chi connectivity index (χ0v) is 10.7. The van der Waals surface area contributed by atoms with Crippen molar-refractivity contribution in [3.05, 3.63) is 0 Å². The molecule has 2 atom stereocenters. The van der Waals surface area contributed by atoms with Crippen LogP contribution in [0.4, 0.5) is 0 Å². The molecule has 0 spiro atoms. The molecule has 1 fully saturated rings. The average molecular weight is 212 g/mol. The topological polar surface area (TPSA) is 29.3 Å². The molecule has 1 aliphatic rings. The summed E-state index contributed by atoms with van der Waals surface area (Å²) in [6.07, 6.45) is 5.37. The van der Waals surface area contributed by atoms with E-state index in [1.165, 1.54) is 38.8 Å². The molecule has 0 amide bonds. The highest BCUT2D eigenvalue weighted by Gasteiger charge is 2.21. The lowest BCUT2D eigenvalue weighted by atomic mass is 10.0. The van der Waals surface area contributed by atoms with Crippen LogP contribution in [-0.4, -0.2) is 30.6 Å². The van der Waals surface area contributed by atoms with Gasteiger partial charge in [0, 0.05) is 12.6 Å². The Kier molecular flexibility index (Phi) is 5.62. The monoisotopic (exact) mass is 212 g/mol. The third kappa shape index (κ3) is 4.52. The molecule has 90 valence electrons. The van der Waals surface area contributed by atoms with E-state index in [-0.39, 0.29) is 0 Å². The predicted octanol–water partition coefficient (Wildman–Crippen LogP) is 2.48. The summed E-state index contributed by atoms with van der Waals surface area (Å²) in [4.78, 5) is 2.63. The molecular formula is C13H28N2. The van der Waals surface area contributed by atoms with Gasteiger partial charge in [0.1, 0.15) is 0 Å².